The van der Waals surface area contributed by atoms with Gasteiger partial charge in [-0.3, -0.25) is 0 Å². The zero-order chi connectivity index (χ0) is 33.4. The molecule has 3 heterocycles. The number of quaternary nitrogens is 1. The summed E-state index contributed by atoms with van der Waals surface area (Å²) >= 11 is 3.17. The number of benzene rings is 4. The smallest absolute Gasteiger partial charge is 0.335 e. The van der Waals surface area contributed by atoms with Crippen molar-refractivity contribution in [2.45, 2.75) is 0 Å². The predicted molar refractivity (Wildman–Crippen MR) is 191 cm³/mol. The van der Waals surface area contributed by atoms with Gasteiger partial charge in [-0.2, -0.15) is 0 Å². The molecule has 4 aromatic carbocycles. The minimum absolute atomic E-state index is 0.167. The number of rotatable bonds is 8. The Morgan fingerprint density at radius 2 is 0.854 bits per heavy atom. The van der Waals surface area contributed by atoms with E-state index in [4.69, 9.17) is 15.7 Å². The zero-order valence-electron chi connectivity index (χ0n) is 25.3. The number of hydrogen-bond donors (Lipinski definition) is 4. The lowest BCUT2D eigenvalue weighted by Crippen LogP contribution is -2.38. The average Bonchev–Trinajstić information content (AvgIpc) is 3.78. The van der Waals surface area contributed by atoms with Gasteiger partial charge in [0.15, 0.2) is 5.00 Å². The van der Waals surface area contributed by atoms with Gasteiger partial charge < -0.3 is 21.7 Å². The maximum atomic E-state index is 11.7. The first-order valence-corrected chi connectivity index (χ1v) is 16.4. The minimum Gasteiger partial charge on any atom is -0.478 e. The Balaban J connectivity index is 1.44. The Bertz CT molecular complexity index is 2290. The number of thiophene rings is 2. The molecule has 10 heteroatoms. The third kappa shape index (κ3) is 6.10. The first-order valence-electron chi connectivity index (χ1n) is 14.8. The zero-order valence-corrected chi connectivity index (χ0v) is 26.9. The van der Waals surface area contributed by atoms with E-state index in [1.165, 1.54) is 0 Å². The van der Waals surface area contributed by atoms with Crippen molar-refractivity contribution in [3.63, 3.8) is 0 Å². The number of anilines is 1. The second kappa shape index (κ2) is 12.7. The molecule has 0 atom stereocenters. The van der Waals surface area contributed by atoms with E-state index in [9.17, 15) is 19.8 Å². The molecule has 0 saturated heterocycles. The van der Waals surface area contributed by atoms with Crippen molar-refractivity contribution in [2.75, 3.05) is 5.73 Å². The summed E-state index contributed by atoms with van der Waals surface area (Å²) in [5, 5.41) is 20.1. The van der Waals surface area contributed by atoms with Gasteiger partial charge in [0.1, 0.15) is 5.69 Å². The molecule has 0 spiro atoms. The molecule has 48 heavy (non-hydrogen) atoms. The molecule has 0 aliphatic heterocycles. The fourth-order valence-electron chi connectivity index (χ4n) is 5.35. The first kappa shape index (κ1) is 30.7. The lowest BCUT2D eigenvalue weighted by Gasteiger charge is -2.16. The number of hydrogen-bond acceptors (Lipinski definition) is 7. The van der Waals surface area contributed by atoms with Crippen LogP contribution in [-0.4, -0.2) is 32.1 Å². The lowest BCUT2D eigenvalue weighted by atomic mass is 9.99. The summed E-state index contributed by atoms with van der Waals surface area (Å²) in [5.41, 5.74) is 17.6. The molecule has 0 aliphatic carbocycles. The van der Waals surface area contributed by atoms with Crippen LogP contribution in [0.5, 0.6) is 0 Å². The molecular weight excluding hydrogens is 641 g/mol. The fourth-order valence-corrected chi connectivity index (χ4v) is 7.16. The quantitative estimate of drug-likeness (QED) is 0.119. The van der Waals surface area contributed by atoms with Gasteiger partial charge >= 0.3 is 11.9 Å². The molecule has 0 amide bonds. The molecule has 0 radical (unpaired) electrons. The Hall–Kier alpha value is -5.94. The van der Waals surface area contributed by atoms with Crippen molar-refractivity contribution in [1.82, 2.24) is 9.97 Å². The van der Waals surface area contributed by atoms with Crippen molar-refractivity contribution < 1.29 is 25.5 Å². The van der Waals surface area contributed by atoms with Gasteiger partial charge in [-0.05, 0) is 65.7 Å². The molecule has 7 rings (SSSR count). The van der Waals surface area contributed by atoms with Gasteiger partial charge in [0.2, 0.25) is 0 Å². The summed E-state index contributed by atoms with van der Waals surface area (Å²) in [5.74, 6) is -2.03. The minimum atomic E-state index is -1.02. The highest BCUT2D eigenvalue weighted by molar-refractivity contribution is 7.19. The number of carboxylic acid groups (broad SMARTS) is 2. The van der Waals surface area contributed by atoms with Gasteiger partial charge in [-0.15, -0.1) is 11.3 Å². The van der Waals surface area contributed by atoms with Gasteiger partial charge in [-0.25, -0.2) is 19.6 Å². The fraction of sp³-hybridized carbons (Fsp3) is 0. The van der Waals surface area contributed by atoms with Gasteiger partial charge in [0, 0.05) is 38.2 Å². The molecule has 7 aromatic rings. The SMILES string of the molecule is Nc1ccc(-c2ccc(-c3nc(-c4ccc(C(=O)O)cc4)c(-c4ccc(-c5ccc([NH3+])s5)cc4)nc3-c3ccc(C(=O)O)cc3)s2)cc1. The summed E-state index contributed by atoms with van der Waals surface area (Å²) in [6, 6.07) is 37.0. The van der Waals surface area contributed by atoms with E-state index in [1.54, 1.807) is 71.2 Å². The van der Waals surface area contributed by atoms with Crippen LogP contribution in [0.15, 0.2) is 121 Å². The molecule has 8 nitrogen and oxygen atoms in total. The molecular formula is C38H27N4O4S2+. The second-order valence-electron chi connectivity index (χ2n) is 11.0. The van der Waals surface area contributed by atoms with Crippen LogP contribution < -0.4 is 11.5 Å². The van der Waals surface area contributed by atoms with Crippen molar-refractivity contribution in [3.05, 3.63) is 132 Å². The highest BCUT2D eigenvalue weighted by atomic mass is 32.1. The maximum absolute atomic E-state index is 11.7. The monoisotopic (exact) mass is 667 g/mol. The number of carboxylic acids is 2. The average molecular weight is 668 g/mol. The summed E-state index contributed by atoms with van der Waals surface area (Å²) in [7, 11) is 0. The van der Waals surface area contributed by atoms with Crippen LogP contribution in [0.25, 0.3) is 65.2 Å². The van der Waals surface area contributed by atoms with Crippen LogP contribution in [-0.2, 0) is 0 Å². The van der Waals surface area contributed by atoms with E-state index in [2.05, 4.69) is 5.73 Å². The molecule has 0 aliphatic rings. The van der Waals surface area contributed by atoms with Gasteiger partial charge in [0.05, 0.1) is 33.1 Å². The molecule has 0 saturated carbocycles. The van der Waals surface area contributed by atoms with Crippen LogP contribution in [0.2, 0.25) is 0 Å². The van der Waals surface area contributed by atoms with Crippen LogP contribution in [0.3, 0.4) is 0 Å². The van der Waals surface area contributed by atoms with Crippen LogP contribution in [0.1, 0.15) is 20.7 Å². The van der Waals surface area contributed by atoms with Crippen molar-refractivity contribution in [3.8, 4) is 65.2 Å². The third-order valence-corrected chi connectivity index (χ3v) is 9.98. The molecule has 0 unspecified atom stereocenters. The second-order valence-corrected chi connectivity index (χ2v) is 13.3. The normalized spacial score (nSPS) is 11.0. The summed E-state index contributed by atoms with van der Waals surface area (Å²) in [6.45, 7) is 0. The standard InChI is InChI=1S/C38H26N4O4S2/c39-28-15-13-22(14-16-28)29-17-18-31(47-29)36-35(25-7-11-27(12-8-25)38(45)46)41-33(34(42-36)24-5-9-26(10-6-24)37(43)44)23-3-1-21(2-4-23)30-19-20-32(40)48-30/h1-20H,39-40H2,(H,43,44)(H,45,46)/p+1. The predicted octanol–water partition coefficient (Wildman–Crippen LogP) is 8.45. The van der Waals surface area contributed by atoms with Crippen LogP contribution >= 0.6 is 22.7 Å². The van der Waals surface area contributed by atoms with E-state index in [1.807, 2.05) is 72.8 Å². The van der Waals surface area contributed by atoms with Crippen molar-refractivity contribution in [1.29, 1.82) is 0 Å². The topological polar surface area (TPSA) is 154 Å². The molecule has 3 aromatic heterocycles. The Kier molecular flexibility index (Phi) is 8.12. The van der Waals surface area contributed by atoms with E-state index in [-0.39, 0.29) is 11.1 Å². The third-order valence-electron chi connectivity index (χ3n) is 7.85. The number of carbonyl (C=O) groups is 2. The van der Waals surface area contributed by atoms with Crippen LogP contribution in [0, 0.1) is 0 Å². The molecule has 7 N–H and O–H groups in total. The van der Waals surface area contributed by atoms with Crippen LogP contribution in [0.4, 0.5) is 10.7 Å². The van der Waals surface area contributed by atoms with Gasteiger partial charge in [-0.1, -0.05) is 72.0 Å². The highest BCUT2D eigenvalue weighted by Crippen LogP contribution is 2.42. The molecule has 234 valence electrons. The van der Waals surface area contributed by atoms with E-state index >= 15 is 0 Å². The summed E-state index contributed by atoms with van der Waals surface area (Å²) < 4.78 is 0. The molecule has 0 fully saturated rings. The number of aromatic nitrogens is 2. The summed E-state index contributed by atoms with van der Waals surface area (Å²) in [4.78, 5) is 36.8. The van der Waals surface area contributed by atoms with E-state index in [0.717, 1.165) is 36.3 Å². The first-order chi connectivity index (χ1) is 23.2. The molecule has 0 bridgehead atoms. The Labute approximate surface area is 283 Å². The van der Waals surface area contributed by atoms with E-state index in [0.29, 0.717) is 39.6 Å². The number of nitrogens with two attached hydrogens (primary N) is 1. The maximum Gasteiger partial charge on any atom is 0.335 e. The number of nitrogen functional groups attached to an aromatic ring is 1. The van der Waals surface area contributed by atoms with Crippen molar-refractivity contribution in [2.24, 2.45) is 0 Å². The largest absolute Gasteiger partial charge is 0.478 e. The summed E-state index contributed by atoms with van der Waals surface area (Å²) in [6.07, 6.45) is 0. The van der Waals surface area contributed by atoms with Crippen molar-refractivity contribution >= 4 is 45.3 Å². The lowest BCUT2D eigenvalue weighted by molar-refractivity contribution is -0.248. The highest BCUT2D eigenvalue weighted by Gasteiger charge is 2.22. The van der Waals surface area contributed by atoms with E-state index < -0.39 is 11.9 Å². The Morgan fingerprint density at radius 3 is 1.33 bits per heavy atom. The number of nitrogens with zero attached hydrogens (tertiary/aromatic N) is 2. The van der Waals surface area contributed by atoms with Gasteiger partial charge in [0.25, 0.3) is 0 Å². The number of aromatic carboxylic acids is 2. The Morgan fingerprint density at radius 1 is 0.479 bits per heavy atom.